The number of alkyl halides is 3. The molecule has 0 fully saturated rings. The summed E-state index contributed by atoms with van der Waals surface area (Å²) in [5.41, 5.74) is 0.458. The third-order valence-electron chi connectivity index (χ3n) is 4.64. The molecule has 0 aliphatic heterocycles. The minimum Gasteiger partial charge on any atom is -0.319 e. The van der Waals surface area contributed by atoms with Crippen LogP contribution in [0.1, 0.15) is 11.1 Å². The quantitative estimate of drug-likeness (QED) is 0.600. The fourth-order valence-electron chi connectivity index (χ4n) is 2.99. The first-order chi connectivity index (χ1) is 14.7. The summed E-state index contributed by atoms with van der Waals surface area (Å²) in [6.07, 6.45) is -1.41. The van der Waals surface area contributed by atoms with Crippen molar-refractivity contribution in [1.29, 1.82) is 0 Å². The van der Waals surface area contributed by atoms with Gasteiger partial charge in [-0.15, -0.1) is 0 Å². The van der Waals surface area contributed by atoms with Crippen molar-refractivity contribution in [2.45, 2.75) is 12.7 Å². The molecule has 0 saturated heterocycles. The van der Waals surface area contributed by atoms with Gasteiger partial charge in [0.1, 0.15) is 0 Å². The lowest BCUT2D eigenvalue weighted by molar-refractivity contribution is -0.137. The summed E-state index contributed by atoms with van der Waals surface area (Å²) >= 11 is 0. The van der Waals surface area contributed by atoms with E-state index in [1.807, 2.05) is 49.3 Å². The molecule has 0 aliphatic rings. The fourth-order valence-corrected chi connectivity index (χ4v) is 2.99. The molecule has 1 heterocycles. The summed E-state index contributed by atoms with van der Waals surface area (Å²) in [6, 6.07) is 13.8. The molecule has 164 valence electrons. The molecule has 31 heavy (non-hydrogen) atoms. The zero-order valence-electron chi connectivity index (χ0n) is 17.3. The highest BCUT2D eigenvalue weighted by Gasteiger charge is 2.31. The SMILES string of the molecule is CN(C)CCN(Cc1ccccc1)C(=O)Nc1cc(C(F)(F)F)ccc1-n1cccn1. The predicted molar refractivity (Wildman–Crippen MR) is 113 cm³/mol. The molecule has 2 aromatic carbocycles. The van der Waals surface area contributed by atoms with Crippen LogP contribution in [0.2, 0.25) is 0 Å². The number of amides is 2. The van der Waals surface area contributed by atoms with E-state index in [1.54, 1.807) is 17.2 Å². The molecule has 9 heteroatoms. The van der Waals surface area contributed by atoms with Gasteiger partial charge in [-0.2, -0.15) is 18.3 Å². The van der Waals surface area contributed by atoms with Crippen LogP contribution in [-0.2, 0) is 12.7 Å². The minimum absolute atomic E-state index is 0.0337. The van der Waals surface area contributed by atoms with Crippen molar-refractivity contribution < 1.29 is 18.0 Å². The number of halogens is 3. The van der Waals surface area contributed by atoms with Gasteiger partial charge in [0.15, 0.2) is 0 Å². The molecule has 0 spiro atoms. The monoisotopic (exact) mass is 431 g/mol. The van der Waals surface area contributed by atoms with Gasteiger partial charge in [0.2, 0.25) is 0 Å². The van der Waals surface area contributed by atoms with E-state index in [9.17, 15) is 18.0 Å². The zero-order chi connectivity index (χ0) is 22.4. The van der Waals surface area contributed by atoms with Crippen LogP contribution in [0.4, 0.5) is 23.7 Å². The maximum absolute atomic E-state index is 13.3. The summed E-state index contributed by atoms with van der Waals surface area (Å²) in [5.74, 6) is 0. The maximum atomic E-state index is 13.3. The van der Waals surface area contributed by atoms with E-state index >= 15 is 0 Å². The molecule has 0 radical (unpaired) electrons. The molecule has 0 atom stereocenters. The highest BCUT2D eigenvalue weighted by atomic mass is 19.4. The van der Waals surface area contributed by atoms with Crippen LogP contribution in [-0.4, -0.2) is 52.8 Å². The summed E-state index contributed by atoms with van der Waals surface area (Å²) in [5, 5.41) is 6.75. The van der Waals surface area contributed by atoms with Crippen LogP contribution in [0.5, 0.6) is 0 Å². The smallest absolute Gasteiger partial charge is 0.319 e. The molecule has 0 aliphatic carbocycles. The zero-order valence-corrected chi connectivity index (χ0v) is 17.3. The molecular formula is C22H24F3N5O. The van der Waals surface area contributed by atoms with Crippen LogP contribution in [0.3, 0.4) is 0 Å². The van der Waals surface area contributed by atoms with Gasteiger partial charge >= 0.3 is 12.2 Å². The van der Waals surface area contributed by atoms with E-state index in [2.05, 4.69) is 10.4 Å². The number of aromatic nitrogens is 2. The van der Waals surface area contributed by atoms with Gasteiger partial charge in [-0.25, -0.2) is 9.48 Å². The Morgan fingerprint density at radius 3 is 2.42 bits per heavy atom. The Hall–Kier alpha value is -3.33. The normalized spacial score (nSPS) is 11.5. The molecule has 3 rings (SSSR count). The van der Waals surface area contributed by atoms with E-state index in [0.717, 1.165) is 17.7 Å². The van der Waals surface area contributed by atoms with Crippen molar-refractivity contribution in [3.63, 3.8) is 0 Å². The first kappa shape index (κ1) is 22.4. The molecule has 1 aromatic heterocycles. The number of benzene rings is 2. The summed E-state index contributed by atoms with van der Waals surface area (Å²) in [7, 11) is 3.78. The first-order valence-electron chi connectivity index (χ1n) is 9.70. The molecule has 0 bridgehead atoms. The number of hydrogen-bond acceptors (Lipinski definition) is 3. The van der Waals surface area contributed by atoms with Crippen molar-refractivity contribution in [2.75, 3.05) is 32.5 Å². The third kappa shape index (κ3) is 6.08. The Bertz CT molecular complexity index is 988. The predicted octanol–water partition coefficient (Wildman–Crippen LogP) is 4.49. The van der Waals surface area contributed by atoms with Crippen molar-refractivity contribution in [3.8, 4) is 5.69 Å². The van der Waals surface area contributed by atoms with Crippen molar-refractivity contribution >= 4 is 11.7 Å². The lowest BCUT2D eigenvalue weighted by Gasteiger charge is -2.25. The van der Waals surface area contributed by atoms with Gasteiger partial charge in [-0.05, 0) is 43.9 Å². The molecule has 3 aromatic rings. The lowest BCUT2D eigenvalue weighted by atomic mass is 10.1. The van der Waals surface area contributed by atoms with Gasteiger partial charge in [0.25, 0.3) is 0 Å². The highest BCUT2D eigenvalue weighted by Crippen LogP contribution is 2.33. The number of nitrogens with zero attached hydrogens (tertiary/aromatic N) is 4. The molecular weight excluding hydrogens is 407 g/mol. The second-order valence-electron chi connectivity index (χ2n) is 7.32. The van der Waals surface area contributed by atoms with Crippen LogP contribution in [0, 0.1) is 0 Å². The number of likely N-dealkylation sites (N-methyl/N-ethyl adjacent to an activating group) is 1. The molecule has 0 unspecified atom stereocenters. The van der Waals surface area contributed by atoms with E-state index < -0.39 is 17.8 Å². The Morgan fingerprint density at radius 1 is 1.06 bits per heavy atom. The average Bonchev–Trinajstić information content (AvgIpc) is 3.25. The number of rotatable bonds is 7. The Kier molecular flexibility index (Phi) is 6.96. The van der Waals surface area contributed by atoms with Crippen LogP contribution in [0.25, 0.3) is 5.69 Å². The summed E-state index contributed by atoms with van der Waals surface area (Å²) in [6.45, 7) is 1.34. The minimum atomic E-state index is -4.53. The molecule has 2 amide bonds. The van der Waals surface area contributed by atoms with E-state index in [0.29, 0.717) is 25.3 Å². The topological polar surface area (TPSA) is 53.4 Å². The van der Waals surface area contributed by atoms with E-state index in [-0.39, 0.29) is 5.69 Å². The van der Waals surface area contributed by atoms with Gasteiger partial charge in [0.05, 0.1) is 16.9 Å². The fraction of sp³-hybridized carbons (Fsp3) is 0.273. The summed E-state index contributed by atoms with van der Waals surface area (Å²) in [4.78, 5) is 16.6. The van der Waals surface area contributed by atoms with Crippen LogP contribution >= 0.6 is 0 Å². The number of anilines is 1. The number of hydrogen-bond donors (Lipinski definition) is 1. The van der Waals surface area contributed by atoms with Crippen LogP contribution < -0.4 is 5.32 Å². The average molecular weight is 431 g/mol. The number of nitrogens with one attached hydrogen (secondary N) is 1. The van der Waals surface area contributed by atoms with Crippen molar-refractivity contribution in [1.82, 2.24) is 19.6 Å². The second kappa shape index (κ2) is 9.65. The van der Waals surface area contributed by atoms with Gasteiger partial charge in [-0.3, -0.25) is 0 Å². The van der Waals surface area contributed by atoms with Gasteiger partial charge in [-0.1, -0.05) is 30.3 Å². The van der Waals surface area contributed by atoms with Crippen molar-refractivity contribution in [2.24, 2.45) is 0 Å². The standard InChI is InChI=1S/C22H24F3N5O/c1-28(2)13-14-29(16-17-7-4-3-5-8-17)21(31)27-19-15-18(22(23,24)25)9-10-20(19)30-12-6-11-26-30/h3-12,15H,13-14,16H2,1-2H3,(H,27,31). The Balaban J connectivity index is 1.90. The molecule has 0 saturated carbocycles. The Morgan fingerprint density at radius 2 is 1.81 bits per heavy atom. The van der Waals surface area contributed by atoms with Crippen molar-refractivity contribution in [3.05, 3.63) is 78.1 Å². The van der Waals surface area contributed by atoms with E-state index in [4.69, 9.17) is 0 Å². The van der Waals surface area contributed by atoms with Gasteiger partial charge in [0, 0.05) is 32.0 Å². The maximum Gasteiger partial charge on any atom is 0.416 e. The van der Waals surface area contributed by atoms with E-state index in [1.165, 1.54) is 16.9 Å². The number of carbonyl (C=O) groups excluding carboxylic acids is 1. The third-order valence-corrected chi connectivity index (χ3v) is 4.64. The summed E-state index contributed by atoms with van der Waals surface area (Å²) < 4.78 is 41.3. The number of carbonyl (C=O) groups is 1. The molecule has 6 nitrogen and oxygen atoms in total. The highest BCUT2D eigenvalue weighted by molar-refractivity contribution is 5.91. The first-order valence-corrected chi connectivity index (χ1v) is 9.70. The van der Waals surface area contributed by atoms with Crippen LogP contribution in [0.15, 0.2) is 67.0 Å². The second-order valence-corrected chi connectivity index (χ2v) is 7.32. The van der Waals surface area contributed by atoms with Gasteiger partial charge < -0.3 is 15.1 Å². The lowest BCUT2D eigenvalue weighted by Crippen LogP contribution is -2.39. The largest absolute Gasteiger partial charge is 0.416 e. The molecule has 1 N–H and O–H groups in total. The number of urea groups is 1. The Labute approximate surface area is 178 Å².